The molecule has 3 rings (SSSR count). The lowest BCUT2D eigenvalue weighted by atomic mass is 9.90. The van der Waals surface area contributed by atoms with Crippen LogP contribution in [0.1, 0.15) is 67.2 Å². The van der Waals surface area contributed by atoms with Crippen LogP contribution in [-0.4, -0.2) is 52.8 Å². The second-order valence-corrected chi connectivity index (χ2v) is 7.39. The second kappa shape index (κ2) is 8.81. The van der Waals surface area contributed by atoms with Crippen LogP contribution in [0.3, 0.4) is 0 Å². The molecule has 3 N–H and O–H groups in total. The van der Waals surface area contributed by atoms with Crippen LogP contribution in [0.2, 0.25) is 0 Å². The molecule has 0 aromatic carbocycles. The Morgan fingerprint density at radius 2 is 2.12 bits per heavy atom. The van der Waals surface area contributed by atoms with Crippen LogP contribution >= 0.6 is 0 Å². The number of carbonyl (C=O) groups excluding carboxylic acids is 1. The fourth-order valence-electron chi connectivity index (χ4n) is 4.09. The fraction of sp³-hybridized carbons (Fsp3) is 0.789. The van der Waals surface area contributed by atoms with Crippen molar-refractivity contribution in [3.63, 3.8) is 0 Å². The van der Waals surface area contributed by atoms with E-state index in [9.17, 15) is 4.79 Å². The number of hydrogen-bond acceptors (Lipinski definition) is 4. The normalized spacial score (nSPS) is 20.6. The van der Waals surface area contributed by atoms with Crippen molar-refractivity contribution in [2.45, 2.75) is 70.9 Å². The number of amides is 1. The fourth-order valence-corrected chi connectivity index (χ4v) is 4.09. The Balaban J connectivity index is 1.79. The zero-order valence-corrected chi connectivity index (χ0v) is 15.6. The predicted molar refractivity (Wildman–Crippen MR) is 99.8 cm³/mol. The summed E-state index contributed by atoms with van der Waals surface area (Å²) in [7, 11) is 0. The molecule has 1 amide bonds. The Bertz CT molecular complexity index is 577. The number of nitrogens with one attached hydrogen (secondary N) is 1. The molecule has 0 spiro atoms. The van der Waals surface area contributed by atoms with Gasteiger partial charge in [0.15, 0.2) is 5.69 Å². The summed E-state index contributed by atoms with van der Waals surface area (Å²) in [5, 5.41) is 8.37. The first-order valence-corrected chi connectivity index (χ1v) is 10.1. The zero-order chi connectivity index (χ0) is 17.6. The number of piperidine rings is 1. The van der Waals surface area contributed by atoms with Crippen molar-refractivity contribution >= 4 is 5.91 Å². The summed E-state index contributed by atoms with van der Waals surface area (Å²) < 4.78 is 2.10. The van der Waals surface area contributed by atoms with E-state index < -0.39 is 0 Å². The minimum absolute atomic E-state index is 0.147. The Labute approximate surface area is 151 Å². The van der Waals surface area contributed by atoms with Crippen molar-refractivity contribution < 1.29 is 4.79 Å². The monoisotopic (exact) mass is 347 g/mol. The van der Waals surface area contributed by atoms with Gasteiger partial charge < -0.3 is 16.0 Å². The van der Waals surface area contributed by atoms with Gasteiger partial charge in [0.25, 0.3) is 5.91 Å². The topological polar surface area (TPSA) is 76.2 Å². The Morgan fingerprint density at radius 1 is 1.32 bits per heavy atom. The van der Waals surface area contributed by atoms with Gasteiger partial charge in [-0.05, 0) is 64.5 Å². The molecule has 1 aromatic rings. The molecule has 1 aliphatic heterocycles. The predicted octanol–water partition coefficient (Wildman–Crippen LogP) is 1.71. The number of likely N-dealkylation sites (tertiary alicyclic amines) is 1. The van der Waals surface area contributed by atoms with Gasteiger partial charge in [-0.1, -0.05) is 6.92 Å². The van der Waals surface area contributed by atoms with Crippen LogP contribution in [0.25, 0.3) is 0 Å². The van der Waals surface area contributed by atoms with Gasteiger partial charge in [0.05, 0.1) is 0 Å². The van der Waals surface area contributed by atoms with Crippen LogP contribution in [0.4, 0.5) is 0 Å². The first kappa shape index (κ1) is 18.4. The highest BCUT2D eigenvalue weighted by Crippen LogP contribution is 2.27. The van der Waals surface area contributed by atoms with Crippen molar-refractivity contribution in [2.24, 2.45) is 5.73 Å². The van der Waals surface area contributed by atoms with E-state index in [0.29, 0.717) is 6.04 Å². The number of carbonyl (C=O) groups is 1. The van der Waals surface area contributed by atoms with E-state index in [-0.39, 0.29) is 5.91 Å². The summed E-state index contributed by atoms with van der Waals surface area (Å²) in [6.45, 7) is 6.51. The lowest BCUT2D eigenvalue weighted by Crippen LogP contribution is -2.38. The van der Waals surface area contributed by atoms with Crippen molar-refractivity contribution in [3.8, 4) is 0 Å². The molecule has 1 aliphatic carbocycles. The largest absolute Gasteiger partial charge is 0.337 e. The maximum atomic E-state index is 13.1. The highest BCUT2D eigenvalue weighted by atomic mass is 16.2. The number of hydrogen-bond donors (Lipinski definition) is 2. The maximum absolute atomic E-state index is 13.1. The molecule has 1 saturated heterocycles. The highest BCUT2D eigenvalue weighted by molar-refractivity contribution is 5.94. The molecular formula is C19H33N5O. The Hall–Kier alpha value is -1.40. The summed E-state index contributed by atoms with van der Waals surface area (Å²) in [5.74, 6) is 0.147. The van der Waals surface area contributed by atoms with E-state index in [1.807, 2.05) is 4.90 Å². The average molecular weight is 348 g/mol. The van der Waals surface area contributed by atoms with Crippen LogP contribution in [0, 0.1) is 0 Å². The van der Waals surface area contributed by atoms with Crippen LogP contribution in [-0.2, 0) is 19.4 Å². The number of nitrogens with zero attached hydrogens (tertiary/aromatic N) is 3. The number of aromatic nitrogens is 2. The molecule has 25 heavy (non-hydrogen) atoms. The van der Waals surface area contributed by atoms with Crippen molar-refractivity contribution in [2.75, 3.05) is 26.2 Å². The summed E-state index contributed by atoms with van der Waals surface area (Å²) in [6.07, 6.45) is 8.56. The van der Waals surface area contributed by atoms with E-state index in [1.54, 1.807) is 0 Å². The number of nitrogens with two attached hydrogens (primary N) is 1. The number of rotatable bonds is 7. The minimum Gasteiger partial charge on any atom is -0.337 e. The summed E-state index contributed by atoms with van der Waals surface area (Å²) in [6, 6.07) is 0.436. The quantitative estimate of drug-likeness (QED) is 0.736. The molecule has 0 bridgehead atoms. The molecule has 2 heterocycles. The molecule has 140 valence electrons. The van der Waals surface area contributed by atoms with Crippen LogP contribution in [0.15, 0.2) is 0 Å². The third-order valence-electron chi connectivity index (χ3n) is 5.44. The van der Waals surface area contributed by atoms with Gasteiger partial charge in [-0.15, -0.1) is 0 Å². The van der Waals surface area contributed by atoms with E-state index in [0.717, 1.165) is 83.4 Å². The Morgan fingerprint density at radius 3 is 2.84 bits per heavy atom. The molecule has 0 saturated carbocycles. The van der Waals surface area contributed by atoms with Gasteiger partial charge in [0.2, 0.25) is 0 Å². The summed E-state index contributed by atoms with van der Waals surface area (Å²) in [4.78, 5) is 15.1. The zero-order valence-electron chi connectivity index (χ0n) is 15.6. The van der Waals surface area contributed by atoms with E-state index in [2.05, 4.69) is 16.9 Å². The summed E-state index contributed by atoms with van der Waals surface area (Å²) >= 11 is 0. The molecule has 2 aliphatic rings. The first-order valence-electron chi connectivity index (χ1n) is 10.1. The lowest BCUT2D eigenvalue weighted by Gasteiger charge is -2.27. The van der Waals surface area contributed by atoms with Gasteiger partial charge in [-0.2, -0.15) is 5.10 Å². The molecular weight excluding hydrogens is 314 g/mol. The smallest absolute Gasteiger partial charge is 0.274 e. The molecule has 0 radical (unpaired) electrons. The van der Waals surface area contributed by atoms with E-state index in [4.69, 9.17) is 10.8 Å². The Kier molecular flexibility index (Phi) is 6.48. The minimum atomic E-state index is 0.147. The molecule has 1 aromatic heterocycles. The van der Waals surface area contributed by atoms with Gasteiger partial charge in [0.1, 0.15) is 0 Å². The van der Waals surface area contributed by atoms with Crippen molar-refractivity contribution in [3.05, 3.63) is 17.0 Å². The van der Waals surface area contributed by atoms with Gasteiger partial charge in [-0.3, -0.25) is 9.48 Å². The molecule has 1 fully saturated rings. The lowest BCUT2D eigenvalue weighted by molar-refractivity contribution is 0.0716. The molecule has 1 unspecified atom stereocenters. The van der Waals surface area contributed by atoms with Crippen molar-refractivity contribution in [1.29, 1.82) is 0 Å². The standard InChI is InChI=1S/C19H33N5O/c1-2-11-24-17-8-7-15(21-10-6-9-20)14-16(17)18(22-24)19(25)23-12-4-3-5-13-23/h15,21H,2-14,20H2,1H3. The second-order valence-electron chi connectivity index (χ2n) is 7.39. The summed E-state index contributed by atoms with van der Waals surface area (Å²) in [5.41, 5.74) is 8.80. The average Bonchev–Trinajstić information content (AvgIpc) is 3.00. The SMILES string of the molecule is CCCn1nc(C(=O)N2CCCCC2)c2c1CCC(NCCCN)C2. The maximum Gasteiger partial charge on any atom is 0.274 e. The highest BCUT2D eigenvalue weighted by Gasteiger charge is 2.31. The van der Waals surface area contributed by atoms with Crippen molar-refractivity contribution in [1.82, 2.24) is 20.0 Å². The first-order chi connectivity index (χ1) is 12.2. The number of fused-ring (bicyclic) bond motifs is 1. The van der Waals surface area contributed by atoms with Crippen LogP contribution < -0.4 is 11.1 Å². The van der Waals surface area contributed by atoms with Gasteiger partial charge in [0, 0.05) is 36.9 Å². The molecule has 6 nitrogen and oxygen atoms in total. The third kappa shape index (κ3) is 4.23. The molecule has 1 atom stereocenters. The van der Waals surface area contributed by atoms with Crippen LogP contribution in [0.5, 0.6) is 0 Å². The van der Waals surface area contributed by atoms with Gasteiger partial charge >= 0.3 is 0 Å². The third-order valence-corrected chi connectivity index (χ3v) is 5.44. The van der Waals surface area contributed by atoms with Gasteiger partial charge in [-0.25, -0.2) is 0 Å². The number of aryl methyl sites for hydroxylation is 1. The molecule has 6 heteroatoms. The van der Waals surface area contributed by atoms with E-state index >= 15 is 0 Å². The van der Waals surface area contributed by atoms with E-state index in [1.165, 1.54) is 17.7 Å².